The predicted molar refractivity (Wildman–Crippen MR) is 109 cm³/mol. The molecule has 0 aliphatic carbocycles. The zero-order chi connectivity index (χ0) is 20.8. The van der Waals surface area contributed by atoms with Gasteiger partial charge in [-0.3, -0.25) is 9.69 Å². The first-order valence-corrected chi connectivity index (χ1v) is 11.0. The average Bonchev–Trinajstić information content (AvgIpc) is 3.11. The van der Waals surface area contributed by atoms with E-state index in [4.69, 9.17) is 0 Å². The van der Waals surface area contributed by atoms with Crippen molar-refractivity contribution in [3.05, 3.63) is 59.9 Å². The average molecular weight is 418 g/mol. The van der Waals surface area contributed by atoms with Crippen molar-refractivity contribution < 1.29 is 17.6 Å². The highest BCUT2D eigenvalue weighted by Gasteiger charge is 2.50. The molecule has 4 rings (SSSR count). The van der Waals surface area contributed by atoms with Crippen LogP contribution >= 0.6 is 0 Å². The molecule has 0 aromatic heterocycles. The number of nitrogens with zero attached hydrogens (tertiary/aromatic N) is 3. The smallest absolute Gasteiger partial charge is 0.243 e. The summed E-state index contributed by atoms with van der Waals surface area (Å²) in [4.78, 5) is 16.4. The van der Waals surface area contributed by atoms with Crippen molar-refractivity contribution in [3.63, 3.8) is 0 Å². The molecule has 2 aromatic carbocycles. The summed E-state index contributed by atoms with van der Waals surface area (Å²) >= 11 is 0. The molecular formula is C21H24FN3O3S. The second-order valence-electron chi connectivity index (χ2n) is 7.95. The Morgan fingerprint density at radius 3 is 2.55 bits per heavy atom. The van der Waals surface area contributed by atoms with Crippen LogP contribution in [0.5, 0.6) is 0 Å². The van der Waals surface area contributed by atoms with Gasteiger partial charge in [0.05, 0.1) is 17.0 Å². The summed E-state index contributed by atoms with van der Waals surface area (Å²) in [7, 11) is -1.77. The molecule has 2 aliphatic heterocycles. The molecule has 8 heteroatoms. The summed E-state index contributed by atoms with van der Waals surface area (Å²) in [5.74, 6) is -0.526. The van der Waals surface area contributed by atoms with Gasteiger partial charge in [-0.25, -0.2) is 12.8 Å². The quantitative estimate of drug-likeness (QED) is 0.769. The van der Waals surface area contributed by atoms with Crippen LogP contribution < -0.4 is 4.90 Å². The van der Waals surface area contributed by atoms with E-state index in [1.165, 1.54) is 16.4 Å². The molecule has 29 heavy (non-hydrogen) atoms. The molecule has 0 unspecified atom stereocenters. The molecule has 2 heterocycles. The van der Waals surface area contributed by atoms with Crippen molar-refractivity contribution in [1.82, 2.24) is 9.21 Å². The largest absolute Gasteiger partial charge is 0.309 e. The Balaban J connectivity index is 1.62. The topological polar surface area (TPSA) is 60.9 Å². The maximum Gasteiger partial charge on any atom is 0.243 e. The number of hydrogen-bond acceptors (Lipinski definition) is 4. The van der Waals surface area contributed by atoms with Gasteiger partial charge < -0.3 is 4.90 Å². The molecular weight excluding hydrogens is 393 g/mol. The molecule has 2 fully saturated rings. The van der Waals surface area contributed by atoms with Gasteiger partial charge in [-0.15, -0.1) is 0 Å². The summed E-state index contributed by atoms with van der Waals surface area (Å²) in [5.41, 5.74) is 0.886. The molecule has 0 radical (unpaired) electrons. The van der Waals surface area contributed by atoms with E-state index in [-0.39, 0.29) is 17.3 Å². The van der Waals surface area contributed by atoms with Gasteiger partial charge in [-0.1, -0.05) is 18.2 Å². The second kappa shape index (κ2) is 7.19. The third-order valence-electron chi connectivity index (χ3n) is 5.98. The Morgan fingerprint density at radius 1 is 1.07 bits per heavy atom. The summed E-state index contributed by atoms with van der Waals surface area (Å²) in [6.07, 6.45) is 0.605. The lowest BCUT2D eigenvalue weighted by molar-refractivity contribution is -0.123. The minimum absolute atomic E-state index is 0.122. The van der Waals surface area contributed by atoms with E-state index in [1.807, 2.05) is 24.9 Å². The van der Waals surface area contributed by atoms with E-state index in [9.17, 15) is 17.6 Å². The lowest BCUT2D eigenvalue weighted by Crippen LogP contribution is -2.64. The maximum atomic E-state index is 13.7. The Morgan fingerprint density at radius 2 is 1.83 bits per heavy atom. The van der Waals surface area contributed by atoms with E-state index in [0.717, 1.165) is 5.56 Å². The molecule has 2 saturated heterocycles. The minimum atomic E-state index is -3.62. The lowest BCUT2D eigenvalue weighted by Gasteiger charge is -2.46. The van der Waals surface area contributed by atoms with Gasteiger partial charge >= 0.3 is 0 Å². The van der Waals surface area contributed by atoms with Crippen molar-refractivity contribution in [2.75, 3.05) is 38.1 Å². The van der Waals surface area contributed by atoms with Crippen LogP contribution in [0, 0.1) is 12.7 Å². The highest BCUT2D eigenvalue weighted by atomic mass is 32.2. The van der Waals surface area contributed by atoms with Gasteiger partial charge in [0.1, 0.15) is 5.82 Å². The third kappa shape index (κ3) is 3.56. The molecule has 2 aromatic rings. The summed E-state index contributed by atoms with van der Waals surface area (Å²) in [5, 5.41) is 0. The Hall–Kier alpha value is -2.29. The SMILES string of the molecule is Cc1cccc(S(=O)(=O)N2CC[C@@]3(CN(c4cccc(F)c4)C(=O)CN3C)C2)c1. The van der Waals surface area contributed by atoms with Crippen molar-refractivity contribution in [2.45, 2.75) is 23.8 Å². The van der Waals surface area contributed by atoms with Crippen LogP contribution in [0.25, 0.3) is 0 Å². The van der Waals surface area contributed by atoms with E-state index >= 15 is 0 Å². The van der Waals surface area contributed by atoms with Gasteiger partial charge in [0.15, 0.2) is 0 Å². The second-order valence-corrected chi connectivity index (χ2v) is 9.88. The third-order valence-corrected chi connectivity index (χ3v) is 7.82. The molecule has 154 valence electrons. The fraction of sp³-hybridized carbons (Fsp3) is 0.381. The highest BCUT2D eigenvalue weighted by Crippen LogP contribution is 2.36. The number of benzene rings is 2. The lowest BCUT2D eigenvalue weighted by atomic mass is 9.92. The fourth-order valence-electron chi connectivity index (χ4n) is 4.23. The summed E-state index contributed by atoms with van der Waals surface area (Å²) < 4.78 is 41.5. The van der Waals surface area contributed by atoms with Gasteiger partial charge in [0.25, 0.3) is 0 Å². The van der Waals surface area contributed by atoms with Crippen LogP contribution in [0.2, 0.25) is 0 Å². The van der Waals surface area contributed by atoms with Crippen LogP contribution in [-0.4, -0.2) is 62.3 Å². The standard InChI is InChI=1S/C21H24FN3O3S/c1-16-5-3-8-19(11-16)29(27,28)24-10-9-21(14-24)15-25(20(26)13-23(21)2)18-7-4-6-17(22)12-18/h3-8,11-12H,9-10,13-15H2,1-2H3/t21-/m0/s1. The normalized spacial score (nSPS) is 23.8. The molecule has 0 bridgehead atoms. The number of carbonyl (C=O) groups excluding carboxylic acids is 1. The molecule has 0 saturated carbocycles. The first kappa shape index (κ1) is 20.0. The maximum absolute atomic E-state index is 13.7. The number of amides is 1. The number of anilines is 1. The van der Waals surface area contributed by atoms with E-state index < -0.39 is 21.4 Å². The number of sulfonamides is 1. The molecule has 2 aliphatic rings. The van der Waals surface area contributed by atoms with Crippen LogP contribution in [0.3, 0.4) is 0 Å². The number of piperazine rings is 1. The number of halogens is 1. The van der Waals surface area contributed by atoms with Crippen LogP contribution in [0.15, 0.2) is 53.4 Å². The number of hydrogen-bond donors (Lipinski definition) is 0. The summed E-state index contributed by atoms with van der Waals surface area (Å²) in [6, 6.07) is 12.8. The van der Waals surface area contributed by atoms with Crippen molar-refractivity contribution >= 4 is 21.6 Å². The van der Waals surface area contributed by atoms with E-state index in [2.05, 4.69) is 0 Å². The number of carbonyl (C=O) groups is 1. The minimum Gasteiger partial charge on any atom is -0.309 e. The zero-order valence-electron chi connectivity index (χ0n) is 16.5. The van der Waals surface area contributed by atoms with Crippen LogP contribution in [-0.2, 0) is 14.8 Å². The monoisotopic (exact) mass is 417 g/mol. The van der Waals surface area contributed by atoms with Crippen LogP contribution in [0.1, 0.15) is 12.0 Å². The number of aryl methyl sites for hydroxylation is 1. The molecule has 1 atom stereocenters. The van der Waals surface area contributed by atoms with Crippen molar-refractivity contribution in [2.24, 2.45) is 0 Å². The van der Waals surface area contributed by atoms with E-state index in [1.54, 1.807) is 35.2 Å². The highest BCUT2D eigenvalue weighted by molar-refractivity contribution is 7.89. The number of likely N-dealkylation sites (N-methyl/N-ethyl adjacent to an activating group) is 1. The number of rotatable bonds is 3. The molecule has 6 nitrogen and oxygen atoms in total. The van der Waals surface area contributed by atoms with E-state index in [0.29, 0.717) is 31.7 Å². The molecule has 1 amide bonds. The first-order chi connectivity index (χ1) is 13.7. The van der Waals surface area contributed by atoms with Gasteiger partial charge in [0.2, 0.25) is 15.9 Å². The van der Waals surface area contributed by atoms with Crippen LogP contribution in [0.4, 0.5) is 10.1 Å². The molecule has 0 N–H and O–H groups in total. The Labute approximate surface area is 170 Å². The summed E-state index contributed by atoms with van der Waals surface area (Å²) in [6.45, 7) is 3.02. The van der Waals surface area contributed by atoms with Gasteiger partial charge in [0, 0.05) is 25.3 Å². The Kier molecular flexibility index (Phi) is 4.96. The van der Waals surface area contributed by atoms with Gasteiger partial charge in [-0.05, 0) is 56.3 Å². The predicted octanol–water partition coefficient (Wildman–Crippen LogP) is 2.25. The van der Waals surface area contributed by atoms with Crippen molar-refractivity contribution in [3.8, 4) is 0 Å². The zero-order valence-corrected chi connectivity index (χ0v) is 17.3. The first-order valence-electron chi connectivity index (χ1n) is 9.55. The Bertz CT molecular complexity index is 1060. The molecule has 1 spiro atoms. The fourth-order valence-corrected chi connectivity index (χ4v) is 5.85. The van der Waals surface area contributed by atoms with Gasteiger partial charge in [-0.2, -0.15) is 4.31 Å². The van der Waals surface area contributed by atoms with Crippen molar-refractivity contribution in [1.29, 1.82) is 0 Å².